The molecular formula is C24H28BrN3O2. The van der Waals surface area contributed by atoms with Gasteiger partial charge in [-0.25, -0.2) is 5.43 Å². The molecule has 0 aromatic heterocycles. The fourth-order valence-corrected chi connectivity index (χ4v) is 5.19. The van der Waals surface area contributed by atoms with Gasteiger partial charge in [-0.3, -0.25) is 15.0 Å². The van der Waals surface area contributed by atoms with E-state index in [1.54, 1.807) is 0 Å². The van der Waals surface area contributed by atoms with Crippen molar-refractivity contribution in [2.75, 3.05) is 6.54 Å². The van der Waals surface area contributed by atoms with Gasteiger partial charge in [0.05, 0.1) is 0 Å². The monoisotopic (exact) mass is 469 g/mol. The van der Waals surface area contributed by atoms with Gasteiger partial charge in [0, 0.05) is 28.5 Å². The largest absolute Gasteiger partial charge is 0.352 e. The highest BCUT2D eigenvalue weighted by Gasteiger charge is 2.39. The van der Waals surface area contributed by atoms with Crippen molar-refractivity contribution in [3.05, 3.63) is 69.7 Å². The molecule has 1 heterocycles. The Balaban J connectivity index is 1.35. The van der Waals surface area contributed by atoms with E-state index in [1.807, 2.05) is 30.3 Å². The highest BCUT2D eigenvalue weighted by atomic mass is 79.9. The Morgan fingerprint density at radius 1 is 1.07 bits per heavy atom. The van der Waals surface area contributed by atoms with Crippen LogP contribution in [0.4, 0.5) is 0 Å². The third-order valence-electron chi connectivity index (χ3n) is 6.29. The van der Waals surface area contributed by atoms with Crippen molar-refractivity contribution < 1.29 is 9.59 Å². The summed E-state index contributed by atoms with van der Waals surface area (Å²) in [6.07, 6.45) is 5.99. The molecule has 0 radical (unpaired) electrons. The highest BCUT2D eigenvalue weighted by Crippen LogP contribution is 2.35. The van der Waals surface area contributed by atoms with Gasteiger partial charge in [-0.05, 0) is 67.0 Å². The summed E-state index contributed by atoms with van der Waals surface area (Å²) in [5.74, 6) is 0.575. The molecule has 1 aliphatic heterocycles. The predicted octanol–water partition coefficient (Wildman–Crippen LogP) is 3.77. The van der Waals surface area contributed by atoms with E-state index in [9.17, 15) is 9.59 Å². The standard InChI is InChI=1S/C24H28BrN3O2/c25-19-8-4-5-16(14-19)11-12-26-23(29)18-7-3-6-17(13-18)15-22-20-9-1-2-10-21(20)24(30)28-27-22/h3-8,13-14,20-22,27H,1-2,9-12,15H2,(H,26,29)(H,28,30). The minimum absolute atomic E-state index is 0.0488. The number of hydrogen-bond acceptors (Lipinski definition) is 3. The van der Waals surface area contributed by atoms with Gasteiger partial charge < -0.3 is 5.32 Å². The zero-order valence-electron chi connectivity index (χ0n) is 17.0. The number of hydrogen-bond donors (Lipinski definition) is 3. The highest BCUT2D eigenvalue weighted by molar-refractivity contribution is 9.10. The molecule has 2 aliphatic rings. The lowest BCUT2D eigenvalue weighted by Crippen LogP contribution is -2.60. The number of fused-ring (bicyclic) bond motifs is 1. The molecule has 2 aromatic carbocycles. The Morgan fingerprint density at radius 2 is 1.87 bits per heavy atom. The van der Waals surface area contributed by atoms with Crippen LogP contribution in [-0.4, -0.2) is 24.4 Å². The van der Waals surface area contributed by atoms with Crippen molar-refractivity contribution >= 4 is 27.7 Å². The first-order valence-electron chi connectivity index (χ1n) is 10.8. The molecule has 3 N–H and O–H groups in total. The molecule has 2 aromatic rings. The molecular weight excluding hydrogens is 442 g/mol. The van der Waals surface area contributed by atoms with E-state index in [0.29, 0.717) is 18.0 Å². The van der Waals surface area contributed by atoms with Gasteiger partial charge in [0.2, 0.25) is 5.91 Å². The lowest BCUT2D eigenvalue weighted by atomic mass is 9.72. The maximum Gasteiger partial charge on any atom is 0.251 e. The summed E-state index contributed by atoms with van der Waals surface area (Å²) in [5.41, 5.74) is 9.07. The van der Waals surface area contributed by atoms with Gasteiger partial charge in [0.15, 0.2) is 0 Å². The number of hydrazine groups is 1. The van der Waals surface area contributed by atoms with Crippen molar-refractivity contribution in [1.82, 2.24) is 16.2 Å². The molecule has 3 unspecified atom stereocenters. The van der Waals surface area contributed by atoms with E-state index in [-0.39, 0.29) is 23.8 Å². The molecule has 2 fully saturated rings. The summed E-state index contributed by atoms with van der Waals surface area (Å²) in [7, 11) is 0. The predicted molar refractivity (Wildman–Crippen MR) is 121 cm³/mol. The van der Waals surface area contributed by atoms with Gasteiger partial charge >= 0.3 is 0 Å². The number of amides is 2. The zero-order chi connectivity index (χ0) is 20.9. The summed E-state index contributed by atoms with van der Waals surface area (Å²) in [5, 5.41) is 3.02. The maximum atomic E-state index is 12.6. The first-order valence-corrected chi connectivity index (χ1v) is 11.6. The molecule has 4 rings (SSSR count). The van der Waals surface area contributed by atoms with Crippen molar-refractivity contribution in [3.8, 4) is 0 Å². The first-order chi connectivity index (χ1) is 14.6. The number of halogens is 1. The van der Waals surface area contributed by atoms with Crippen molar-refractivity contribution in [3.63, 3.8) is 0 Å². The summed E-state index contributed by atoms with van der Waals surface area (Å²) in [6, 6.07) is 16.2. The Hall–Kier alpha value is -2.18. The summed E-state index contributed by atoms with van der Waals surface area (Å²) >= 11 is 3.48. The van der Waals surface area contributed by atoms with Crippen LogP contribution in [0, 0.1) is 11.8 Å². The molecule has 5 nitrogen and oxygen atoms in total. The number of nitrogens with one attached hydrogen (secondary N) is 3. The number of rotatable bonds is 6. The molecule has 3 atom stereocenters. The van der Waals surface area contributed by atoms with Gasteiger partial charge in [-0.1, -0.05) is 53.0 Å². The molecule has 158 valence electrons. The Bertz CT molecular complexity index is 917. The Kier molecular flexibility index (Phi) is 6.85. The van der Waals surface area contributed by atoms with Gasteiger partial charge in [0.25, 0.3) is 5.91 Å². The maximum absolute atomic E-state index is 12.6. The fraction of sp³-hybridized carbons (Fsp3) is 0.417. The normalized spacial score (nSPS) is 23.4. The van der Waals surface area contributed by atoms with E-state index in [0.717, 1.165) is 42.1 Å². The van der Waals surface area contributed by atoms with E-state index >= 15 is 0 Å². The van der Waals surface area contributed by atoms with Crippen molar-refractivity contribution in [1.29, 1.82) is 0 Å². The number of carbonyl (C=O) groups excluding carboxylic acids is 2. The van der Waals surface area contributed by atoms with E-state index in [1.165, 1.54) is 12.0 Å². The summed E-state index contributed by atoms with van der Waals surface area (Å²) < 4.78 is 1.05. The van der Waals surface area contributed by atoms with Gasteiger partial charge in [-0.2, -0.15) is 0 Å². The first kappa shape index (κ1) is 21.1. The smallest absolute Gasteiger partial charge is 0.251 e. The molecule has 30 heavy (non-hydrogen) atoms. The SMILES string of the molecule is O=C(NCCc1cccc(Br)c1)c1cccc(CC2NNC(=O)C3CCCCC23)c1. The van der Waals surface area contributed by atoms with Crippen molar-refractivity contribution in [2.24, 2.45) is 11.8 Å². The van der Waals surface area contributed by atoms with Crippen molar-refractivity contribution in [2.45, 2.75) is 44.6 Å². The number of carbonyl (C=O) groups is 2. The zero-order valence-corrected chi connectivity index (χ0v) is 18.6. The average Bonchev–Trinajstić information content (AvgIpc) is 2.76. The molecule has 0 spiro atoms. The fourth-order valence-electron chi connectivity index (χ4n) is 4.74. The molecule has 1 aliphatic carbocycles. The Morgan fingerprint density at radius 3 is 2.73 bits per heavy atom. The van der Waals surface area contributed by atoms with E-state index in [4.69, 9.17) is 0 Å². The second-order valence-electron chi connectivity index (χ2n) is 8.34. The van der Waals surface area contributed by atoms with Crippen LogP contribution in [0.25, 0.3) is 0 Å². The third kappa shape index (κ3) is 5.10. The van der Waals surface area contributed by atoms with E-state index in [2.05, 4.69) is 50.3 Å². The second kappa shape index (κ2) is 9.75. The van der Waals surface area contributed by atoms with Crippen LogP contribution in [0.5, 0.6) is 0 Å². The minimum atomic E-state index is -0.0488. The van der Waals surface area contributed by atoms with Crippen LogP contribution in [-0.2, 0) is 17.6 Å². The van der Waals surface area contributed by atoms with Crippen LogP contribution < -0.4 is 16.2 Å². The summed E-state index contributed by atoms with van der Waals surface area (Å²) in [4.78, 5) is 24.8. The molecule has 1 saturated carbocycles. The van der Waals surface area contributed by atoms with Crippen LogP contribution in [0.2, 0.25) is 0 Å². The quantitative estimate of drug-likeness (QED) is 0.602. The Labute approximate surface area is 186 Å². The lowest BCUT2D eigenvalue weighted by Gasteiger charge is -2.41. The van der Waals surface area contributed by atoms with Gasteiger partial charge in [0.1, 0.15) is 0 Å². The van der Waals surface area contributed by atoms with Crippen LogP contribution in [0.1, 0.15) is 47.2 Å². The molecule has 0 bridgehead atoms. The van der Waals surface area contributed by atoms with Crippen LogP contribution >= 0.6 is 15.9 Å². The molecule has 6 heteroatoms. The molecule has 2 amide bonds. The number of benzene rings is 2. The van der Waals surface area contributed by atoms with Crippen LogP contribution in [0.3, 0.4) is 0 Å². The minimum Gasteiger partial charge on any atom is -0.352 e. The third-order valence-corrected chi connectivity index (χ3v) is 6.78. The van der Waals surface area contributed by atoms with Gasteiger partial charge in [-0.15, -0.1) is 0 Å². The van der Waals surface area contributed by atoms with E-state index < -0.39 is 0 Å². The lowest BCUT2D eigenvalue weighted by molar-refractivity contribution is -0.133. The second-order valence-corrected chi connectivity index (χ2v) is 9.25. The average molecular weight is 470 g/mol. The topological polar surface area (TPSA) is 70.2 Å². The summed E-state index contributed by atoms with van der Waals surface area (Å²) in [6.45, 7) is 0.597. The molecule has 1 saturated heterocycles. The van der Waals surface area contributed by atoms with Crippen LogP contribution in [0.15, 0.2) is 53.0 Å².